The van der Waals surface area contributed by atoms with E-state index in [1.807, 2.05) is 0 Å². The van der Waals surface area contributed by atoms with Crippen LogP contribution in [0.2, 0.25) is 0 Å². The van der Waals surface area contributed by atoms with Crippen LogP contribution in [0.3, 0.4) is 0 Å². The molecule has 0 aliphatic heterocycles. The quantitative estimate of drug-likeness (QED) is 0.327. The van der Waals surface area contributed by atoms with Crippen molar-refractivity contribution < 1.29 is 19.8 Å². The second-order valence-corrected chi connectivity index (χ2v) is 5.96. The molecule has 0 saturated carbocycles. The van der Waals surface area contributed by atoms with Crippen molar-refractivity contribution in [1.82, 2.24) is 0 Å². The molecule has 21 heavy (non-hydrogen) atoms. The summed E-state index contributed by atoms with van der Waals surface area (Å²) < 4.78 is 0. The van der Waals surface area contributed by atoms with Crippen LogP contribution in [0.15, 0.2) is 0 Å². The van der Waals surface area contributed by atoms with E-state index in [-0.39, 0.29) is 25.3 Å². The molecular weight excluding hydrogens is 263 g/mol. The summed E-state index contributed by atoms with van der Waals surface area (Å²) in [7, 11) is 0. The first kappa shape index (κ1) is 22.8. The first-order valence-electron chi connectivity index (χ1n) is 7.86. The molecule has 0 aromatic heterocycles. The molecule has 0 aliphatic carbocycles. The van der Waals surface area contributed by atoms with Crippen molar-refractivity contribution >= 4 is 30.8 Å². The second kappa shape index (κ2) is 12.1. The number of carboxylic acids is 2. The predicted octanol–water partition coefficient (Wildman–Crippen LogP) is 3.68. The summed E-state index contributed by atoms with van der Waals surface area (Å²) in [6, 6.07) is 0. The molecule has 0 saturated heterocycles. The third kappa shape index (κ3) is 7.38. The fourth-order valence-electron chi connectivity index (χ4n) is 2.63. The van der Waals surface area contributed by atoms with Gasteiger partial charge in [0.25, 0.3) is 0 Å². The minimum absolute atomic E-state index is 0. The van der Waals surface area contributed by atoms with Gasteiger partial charge in [-0.25, -0.2) is 0 Å². The summed E-state index contributed by atoms with van der Waals surface area (Å²) in [5.74, 6) is -2.81. The van der Waals surface area contributed by atoms with E-state index >= 15 is 0 Å². The SMILES string of the molecule is CCCCCCCCCCC(C(=O)O)(C(=O)O)C(C)C.[LiH]. The summed E-state index contributed by atoms with van der Waals surface area (Å²) in [5.41, 5.74) is -1.62. The van der Waals surface area contributed by atoms with E-state index in [0.717, 1.165) is 19.3 Å². The van der Waals surface area contributed by atoms with Gasteiger partial charge in [0.2, 0.25) is 0 Å². The zero-order chi connectivity index (χ0) is 15.6. The molecule has 0 rings (SSSR count). The number of hydrogen-bond donors (Lipinski definition) is 2. The summed E-state index contributed by atoms with van der Waals surface area (Å²) >= 11 is 0. The van der Waals surface area contributed by atoms with E-state index in [1.54, 1.807) is 13.8 Å². The van der Waals surface area contributed by atoms with Gasteiger partial charge in [-0.05, 0) is 12.3 Å². The normalized spacial score (nSPS) is 11.2. The molecule has 0 fully saturated rings. The van der Waals surface area contributed by atoms with Crippen LogP contribution < -0.4 is 0 Å². The Kier molecular flexibility index (Phi) is 13.2. The molecule has 0 atom stereocenters. The zero-order valence-corrected chi connectivity index (χ0v) is 13.2. The van der Waals surface area contributed by atoms with Crippen LogP contribution >= 0.6 is 0 Å². The molecular formula is C16H31LiO4. The zero-order valence-electron chi connectivity index (χ0n) is 13.2. The van der Waals surface area contributed by atoms with Crippen molar-refractivity contribution in [2.24, 2.45) is 11.3 Å². The van der Waals surface area contributed by atoms with Crippen molar-refractivity contribution in [3.05, 3.63) is 0 Å². The second-order valence-electron chi connectivity index (χ2n) is 5.96. The van der Waals surface area contributed by atoms with Gasteiger partial charge in [0.05, 0.1) is 0 Å². The van der Waals surface area contributed by atoms with E-state index in [9.17, 15) is 19.8 Å². The number of aliphatic carboxylic acids is 2. The number of hydrogen-bond acceptors (Lipinski definition) is 2. The van der Waals surface area contributed by atoms with Crippen LogP contribution in [-0.2, 0) is 9.59 Å². The van der Waals surface area contributed by atoms with Crippen LogP contribution in [0.4, 0.5) is 0 Å². The van der Waals surface area contributed by atoms with Gasteiger partial charge in [0.1, 0.15) is 0 Å². The maximum absolute atomic E-state index is 11.4. The Morgan fingerprint density at radius 3 is 1.57 bits per heavy atom. The van der Waals surface area contributed by atoms with E-state index in [1.165, 1.54) is 25.7 Å². The first-order valence-corrected chi connectivity index (χ1v) is 7.86. The van der Waals surface area contributed by atoms with Gasteiger partial charge in [0.15, 0.2) is 5.41 Å². The number of carboxylic acid groups (broad SMARTS) is 2. The predicted molar refractivity (Wildman–Crippen MR) is 86.9 cm³/mol. The van der Waals surface area contributed by atoms with Crippen molar-refractivity contribution in [1.29, 1.82) is 0 Å². The average Bonchev–Trinajstić information content (AvgIpc) is 2.35. The Bertz CT molecular complexity index is 289. The van der Waals surface area contributed by atoms with Crippen molar-refractivity contribution in [3.8, 4) is 0 Å². The topological polar surface area (TPSA) is 74.6 Å². The van der Waals surface area contributed by atoms with Crippen molar-refractivity contribution in [2.45, 2.75) is 78.6 Å². The molecule has 0 aromatic carbocycles. The van der Waals surface area contributed by atoms with Gasteiger partial charge in [0, 0.05) is 0 Å². The van der Waals surface area contributed by atoms with Gasteiger partial charge in [-0.1, -0.05) is 72.1 Å². The van der Waals surface area contributed by atoms with Crippen molar-refractivity contribution in [3.63, 3.8) is 0 Å². The molecule has 2 N–H and O–H groups in total. The summed E-state index contributed by atoms with van der Waals surface area (Å²) in [6.07, 6.45) is 9.03. The van der Waals surface area contributed by atoms with Gasteiger partial charge in [-0.15, -0.1) is 0 Å². The Labute approximate surface area is 140 Å². The van der Waals surface area contributed by atoms with Crippen LogP contribution in [0.5, 0.6) is 0 Å². The minimum atomic E-state index is -1.62. The molecule has 0 unspecified atom stereocenters. The van der Waals surface area contributed by atoms with Crippen molar-refractivity contribution in [2.75, 3.05) is 0 Å². The average molecular weight is 294 g/mol. The molecule has 0 heterocycles. The molecule has 0 aliphatic rings. The number of rotatable bonds is 12. The number of unbranched alkanes of at least 4 members (excludes halogenated alkanes) is 7. The van der Waals surface area contributed by atoms with Crippen LogP contribution in [0, 0.1) is 11.3 Å². The molecule has 0 bridgehead atoms. The van der Waals surface area contributed by atoms with Gasteiger partial charge < -0.3 is 10.2 Å². The summed E-state index contributed by atoms with van der Waals surface area (Å²) in [6.45, 7) is 5.53. The molecule has 4 nitrogen and oxygen atoms in total. The summed E-state index contributed by atoms with van der Waals surface area (Å²) in [5, 5.41) is 18.6. The van der Waals surface area contributed by atoms with Gasteiger partial charge in [-0.3, -0.25) is 9.59 Å². The van der Waals surface area contributed by atoms with E-state index in [4.69, 9.17) is 0 Å². The van der Waals surface area contributed by atoms with E-state index < -0.39 is 23.3 Å². The maximum atomic E-state index is 11.4. The third-order valence-corrected chi connectivity index (χ3v) is 4.17. The van der Waals surface area contributed by atoms with E-state index in [0.29, 0.717) is 6.42 Å². The van der Waals surface area contributed by atoms with Crippen LogP contribution in [0.1, 0.15) is 78.6 Å². The molecule has 0 spiro atoms. The van der Waals surface area contributed by atoms with E-state index in [2.05, 4.69) is 6.92 Å². The van der Waals surface area contributed by atoms with Gasteiger partial charge >= 0.3 is 30.8 Å². The molecule has 0 amide bonds. The molecule has 0 radical (unpaired) electrons. The summed E-state index contributed by atoms with van der Waals surface area (Å²) in [4.78, 5) is 22.7. The Balaban J connectivity index is 0. The molecule has 5 heteroatoms. The third-order valence-electron chi connectivity index (χ3n) is 4.17. The Hall–Kier alpha value is -0.463. The van der Waals surface area contributed by atoms with Gasteiger partial charge in [-0.2, -0.15) is 0 Å². The number of carbonyl (C=O) groups is 2. The molecule has 120 valence electrons. The fraction of sp³-hybridized carbons (Fsp3) is 0.875. The standard InChI is InChI=1S/C16H30O4.Li.H/c1-4-5-6-7-8-9-10-11-12-16(13(2)3,14(17)18)15(19)20;;/h13H,4-12H2,1-3H3,(H,17,18)(H,19,20);;. The monoisotopic (exact) mass is 294 g/mol. The fourth-order valence-corrected chi connectivity index (χ4v) is 2.63. The van der Waals surface area contributed by atoms with Crippen LogP contribution in [0.25, 0.3) is 0 Å². The Morgan fingerprint density at radius 1 is 0.857 bits per heavy atom. The molecule has 0 aromatic rings. The van der Waals surface area contributed by atoms with Crippen LogP contribution in [-0.4, -0.2) is 41.0 Å². The first-order chi connectivity index (χ1) is 9.39. The Morgan fingerprint density at radius 2 is 1.24 bits per heavy atom.